The molecule has 25 heavy (non-hydrogen) atoms. The number of para-hydroxylation sites is 1. The monoisotopic (exact) mass is 360 g/mol. The van der Waals surface area contributed by atoms with Crippen LogP contribution in [0.25, 0.3) is 0 Å². The van der Waals surface area contributed by atoms with Crippen molar-refractivity contribution in [2.45, 2.75) is 19.3 Å². The summed E-state index contributed by atoms with van der Waals surface area (Å²) in [6.45, 7) is 2.11. The topological polar surface area (TPSA) is 41.6 Å². The predicted octanol–water partition coefficient (Wildman–Crippen LogP) is 4.14. The van der Waals surface area contributed by atoms with Crippen molar-refractivity contribution >= 4 is 23.2 Å². The van der Waals surface area contributed by atoms with Crippen LogP contribution in [0.3, 0.4) is 0 Å². The van der Waals surface area contributed by atoms with Gasteiger partial charge in [-0.15, -0.1) is 0 Å². The number of carbonyl (C=O) groups excluding carboxylic acids is 1. The van der Waals surface area contributed by atoms with E-state index < -0.39 is 0 Å². The van der Waals surface area contributed by atoms with E-state index in [1.165, 1.54) is 5.69 Å². The summed E-state index contributed by atoms with van der Waals surface area (Å²) in [5, 5.41) is 3.64. The van der Waals surface area contributed by atoms with Gasteiger partial charge in [-0.25, -0.2) is 0 Å². The highest BCUT2D eigenvalue weighted by Crippen LogP contribution is 2.15. The van der Waals surface area contributed by atoms with Crippen LogP contribution in [0.1, 0.15) is 19.3 Å². The zero-order valence-corrected chi connectivity index (χ0v) is 15.3. The second kappa shape index (κ2) is 10.6. The molecule has 0 aromatic heterocycles. The van der Waals surface area contributed by atoms with Gasteiger partial charge in [0.25, 0.3) is 0 Å². The molecule has 0 bridgehead atoms. The molecule has 0 fully saturated rings. The van der Waals surface area contributed by atoms with Crippen molar-refractivity contribution in [3.05, 3.63) is 59.6 Å². The smallest absolute Gasteiger partial charge is 0.220 e. The summed E-state index contributed by atoms with van der Waals surface area (Å²) in [7, 11) is 2.06. The fraction of sp³-hybridized carbons (Fsp3) is 0.350. The third kappa shape index (κ3) is 7.48. The Hall–Kier alpha value is -2.20. The predicted molar refractivity (Wildman–Crippen MR) is 104 cm³/mol. The number of nitrogens with one attached hydrogen (secondary N) is 1. The van der Waals surface area contributed by atoms with Gasteiger partial charge in [0.05, 0.1) is 6.61 Å². The molecule has 5 heteroatoms. The normalized spacial score (nSPS) is 10.3. The number of nitrogens with zero attached hydrogens (tertiary/aromatic N) is 1. The van der Waals surface area contributed by atoms with Gasteiger partial charge in [-0.1, -0.05) is 29.8 Å². The lowest BCUT2D eigenvalue weighted by Gasteiger charge is -2.19. The second-order valence-corrected chi connectivity index (χ2v) is 6.30. The van der Waals surface area contributed by atoms with E-state index in [1.54, 1.807) is 12.1 Å². The van der Waals surface area contributed by atoms with E-state index in [0.29, 0.717) is 31.0 Å². The summed E-state index contributed by atoms with van der Waals surface area (Å²) in [5.41, 5.74) is 1.19. The molecule has 0 aliphatic rings. The van der Waals surface area contributed by atoms with Gasteiger partial charge in [0.2, 0.25) is 5.91 Å². The molecular formula is C20H25ClN2O2. The number of hydrogen-bond donors (Lipinski definition) is 1. The summed E-state index contributed by atoms with van der Waals surface area (Å²) >= 11 is 5.82. The molecule has 0 saturated heterocycles. The Morgan fingerprint density at radius 1 is 1.08 bits per heavy atom. The van der Waals surface area contributed by atoms with Crippen LogP contribution < -0.4 is 15.0 Å². The van der Waals surface area contributed by atoms with E-state index in [2.05, 4.69) is 29.4 Å². The number of halogens is 1. The highest BCUT2D eigenvalue weighted by molar-refractivity contribution is 6.30. The van der Waals surface area contributed by atoms with Gasteiger partial charge in [0.1, 0.15) is 5.75 Å². The maximum atomic E-state index is 11.8. The first-order valence-corrected chi connectivity index (χ1v) is 8.94. The van der Waals surface area contributed by atoms with Crippen LogP contribution in [0.15, 0.2) is 54.6 Å². The van der Waals surface area contributed by atoms with Crippen LogP contribution in [0.2, 0.25) is 5.02 Å². The molecule has 1 amide bonds. The van der Waals surface area contributed by atoms with Crippen molar-refractivity contribution in [1.82, 2.24) is 5.32 Å². The van der Waals surface area contributed by atoms with Crippen LogP contribution in [0, 0.1) is 0 Å². The van der Waals surface area contributed by atoms with E-state index in [9.17, 15) is 4.79 Å². The van der Waals surface area contributed by atoms with E-state index in [4.69, 9.17) is 16.3 Å². The highest BCUT2D eigenvalue weighted by atomic mass is 35.5. The van der Waals surface area contributed by atoms with Crippen molar-refractivity contribution in [3.63, 3.8) is 0 Å². The molecule has 0 saturated carbocycles. The minimum absolute atomic E-state index is 0.0714. The summed E-state index contributed by atoms with van der Waals surface area (Å²) in [4.78, 5) is 14.0. The number of benzene rings is 2. The van der Waals surface area contributed by atoms with Gasteiger partial charge in [0.15, 0.2) is 0 Å². The second-order valence-electron chi connectivity index (χ2n) is 5.87. The number of amides is 1. The van der Waals surface area contributed by atoms with Gasteiger partial charge in [0, 0.05) is 37.3 Å². The Kier molecular flexibility index (Phi) is 8.13. The molecule has 1 N–H and O–H groups in total. The average molecular weight is 361 g/mol. The molecular weight excluding hydrogens is 336 g/mol. The lowest BCUT2D eigenvalue weighted by Crippen LogP contribution is -2.28. The summed E-state index contributed by atoms with van der Waals surface area (Å²) < 4.78 is 5.57. The molecule has 2 aromatic carbocycles. The molecule has 0 spiro atoms. The van der Waals surface area contributed by atoms with E-state index >= 15 is 0 Å². The number of carbonyl (C=O) groups is 1. The quantitative estimate of drug-likeness (QED) is 0.647. The third-order valence-electron chi connectivity index (χ3n) is 3.82. The van der Waals surface area contributed by atoms with Crippen molar-refractivity contribution in [2.24, 2.45) is 0 Å². The summed E-state index contributed by atoms with van der Waals surface area (Å²) in [5.74, 6) is 0.843. The Morgan fingerprint density at radius 3 is 2.52 bits per heavy atom. The SMILES string of the molecule is CN(CCCNC(=O)CCCOc1ccc(Cl)cc1)c1ccccc1. The van der Waals surface area contributed by atoms with E-state index in [1.807, 2.05) is 30.3 Å². The molecule has 0 unspecified atom stereocenters. The lowest BCUT2D eigenvalue weighted by molar-refractivity contribution is -0.121. The third-order valence-corrected chi connectivity index (χ3v) is 4.07. The van der Waals surface area contributed by atoms with E-state index in [-0.39, 0.29) is 5.91 Å². The largest absolute Gasteiger partial charge is 0.494 e. The summed E-state index contributed by atoms with van der Waals surface area (Å²) in [6.07, 6.45) is 2.08. The van der Waals surface area contributed by atoms with Crippen molar-refractivity contribution in [3.8, 4) is 5.75 Å². The first-order chi connectivity index (χ1) is 12.1. The van der Waals surface area contributed by atoms with Gasteiger partial charge >= 0.3 is 0 Å². The fourth-order valence-electron chi connectivity index (χ4n) is 2.40. The molecule has 4 nitrogen and oxygen atoms in total. The van der Waals surface area contributed by atoms with Crippen molar-refractivity contribution in [2.75, 3.05) is 31.6 Å². The van der Waals surface area contributed by atoms with E-state index in [0.717, 1.165) is 18.7 Å². The molecule has 0 heterocycles. The number of ether oxygens (including phenoxy) is 1. The van der Waals surface area contributed by atoms with Gasteiger partial charge < -0.3 is 15.0 Å². The van der Waals surface area contributed by atoms with Gasteiger partial charge in [-0.3, -0.25) is 4.79 Å². The molecule has 2 rings (SSSR count). The Bertz CT molecular complexity index is 632. The average Bonchev–Trinajstić information content (AvgIpc) is 2.64. The van der Waals surface area contributed by atoms with Crippen molar-refractivity contribution in [1.29, 1.82) is 0 Å². The summed E-state index contributed by atoms with van der Waals surface area (Å²) in [6, 6.07) is 17.5. The molecule has 0 aliphatic heterocycles. The van der Waals surface area contributed by atoms with Crippen LogP contribution in [-0.2, 0) is 4.79 Å². The Labute approximate surface area is 154 Å². The molecule has 0 aliphatic carbocycles. The zero-order chi connectivity index (χ0) is 17.9. The van der Waals surface area contributed by atoms with Crippen LogP contribution in [0.4, 0.5) is 5.69 Å². The fourth-order valence-corrected chi connectivity index (χ4v) is 2.52. The Balaban J connectivity index is 1.51. The van der Waals surface area contributed by atoms with Crippen molar-refractivity contribution < 1.29 is 9.53 Å². The maximum absolute atomic E-state index is 11.8. The van der Waals surface area contributed by atoms with Gasteiger partial charge in [-0.2, -0.15) is 0 Å². The number of rotatable bonds is 10. The van der Waals surface area contributed by atoms with Gasteiger partial charge in [-0.05, 0) is 49.2 Å². The van der Waals surface area contributed by atoms with Crippen LogP contribution in [-0.4, -0.2) is 32.7 Å². The molecule has 2 aromatic rings. The Morgan fingerprint density at radius 2 is 1.80 bits per heavy atom. The first kappa shape index (κ1) is 19.1. The first-order valence-electron chi connectivity index (χ1n) is 8.56. The lowest BCUT2D eigenvalue weighted by atomic mass is 10.2. The zero-order valence-electron chi connectivity index (χ0n) is 14.6. The number of hydrogen-bond acceptors (Lipinski definition) is 3. The maximum Gasteiger partial charge on any atom is 0.220 e. The highest BCUT2D eigenvalue weighted by Gasteiger charge is 2.03. The van der Waals surface area contributed by atoms with Crippen LogP contribution >= 0.6 is 11.6 Å². The number of anilines is 1. The molecule has 0 radical (unpaired) electrons. The molecule has 134 valence electrons. The van der Waals surface area contributed by atoms with Crippen LogP contribution in [0.5, 0.6) is 5.75 Å². The minimum Gasteiger partial charge on any atom is -0.494 e. The standard InChI is InChI=1S/C20H25ClN2O2/c1-23(18-7-3-2-4-8-18)15-6-14-22-20(24)9-5-16-25-19-12-10-17(21)11-13-19/h2-4,7-8,10-13H,5-6,9,14-16H2,1H3,(H,22,24). The minimum atomic E-state index is 0.0714. The molecule has 0 atom stereocenters.